The number of carbonyl (C=O) groups excluding carboxylic acids is 2. The Bertz CT molecular complexity index is 741. The second kappa shape index (κ2) is 6.74. The van der Waals surface area contributed by atoms with Crippen molar-refractivity contribution in [2.75, 3.05) is 14.2 Å². The van der Waals surface area contributed by atoms with E-state index < -0.39 is 6.04 Å². The van der Waals surface area contributed by atoms with E-state index in [2.05, 4.69) is 0 Å². The molecule has 3 rings (SSSR count). The number of rotatable bonds is 5. The van der Waals surface area contributed by atoms with Crippen LogP contribution in [0.4, 0.5) is 0 Å². The molecule has 1 aliphatic rings. The van der Waals surface area contributed by atoms with Crippen molar-refractivity contribution in [2.24, 2.45) is 0 Å². The molecule has 1 aliphatic heterocycles. The van der Waals surface area contributed by atoms with Crippen molar-refractivity contribution >= 4 is 11.8 Å². The molecule has 2 aromatic carbocycles. The zero-order valence-electron chi connectivity index (χ0n) is 13.7. The average Bonchev–Trinajstić information content (AvgIpc) is 2.95. The molecule has 0 aromatic heterocycles. The van der Waals surface area contributed by atoms with Crippen LogP contribution in [0.5, 0.6) is 11.5 Å². The van der Waals surface area contributed by atoms with Gasteiger partial charge in [0.15, 0.2) is 0 Å². The van der Waals surface area contributed by atoms with E-state index in [-0.39, 0.29) is 24.7 Å². The number of imide groups is 1. The summed E-state index contributed by atoms with van der Waals surface area (Å²) in [5.41, 5.74) is 1.58. The van der Waals surface area contributed by atoms with Gasteiger partial charge in [-0.1, -0.05) is 30.3 Å². The molecule has 2 amide bonds. The van der Waals surface area contributed by atoms with Crippen LogP contribution in [0, 0.1) is 0 Å². The van der Waals surface area contributed by atoms with Gasteiger partial charge < -0.3 is 9.47 Å². The Morgan fingerprint density at radius 1 is 0.917 bits per heavy atom. The first-order valence-electron chi connectivity index (χ1n) is 7.77. The summed E-state index contributed by atoms with van der Waals surface area (Å²) in [6.07, 6.45) is 0.489. The highest BCUT2D eigenvalue weighted by Gasteiger charge is 2.38. The first-order valence-corrected chi connectivity index (χ1v) is 7.77. The van der Waals surface area contributed by atoms with E-state index in [0.717, 1.165) is 11.1 Å². The number of carbonyl (C=O) groups is 2. The van der Waals surface area contributed by atoms with Gasteiger partial charge in [0, 0.05) is 18.4 Å². The van der Waals surface area contributed by atoms with Gasteiger partial charge in [0.1, 0.15) is 11.5 Å². The van der Waals surface area contributed by atoms with Crippen molar-refractivity contribution in [3.8, 4) is 11.5 Å². The Hall–Kier alpha value is -2.82. The molecule has 1 unspecified atom stereocenters. The molecular weight excluding hydrogens is 306 g/mol. The van der Waals surface area contributed by atoms with Crippen LogP contribution in [0.2, 0.25) is 0 Å². The second-order valence-electron chi connectivity index (χ2n) is 5.58. The molecule has 0 radical (unpaired) electrons. The molecule has 5 heteroatoms. The number of hydrogen-bond donors (Lipinski definition) is 0. The molecule has 1 atom stereocenters. The number of nitrogens with zero attached hydrogens (tertiary/aromatic N) is 1. The Morgan fingerprint density at radius 3 is 2.17 bits per heavy atom. The molecule has 1 heterocycles. The van der Waals surface area contributed by atoms with E-state index in [0.29, 0.717) is 11.5 Å². The lowest BCUT2D eigenvalue weighted by atomic mass is 9.96. The predicted molar refractivity (Wildman–Crippen MR) is 88.9 cm³/mol. The minimum Gasteiger partial charge on any atom is -0.497 e. The minimum absolute atomic E-state index is 0.168. The van der Waals surface area contributed by atoms with Crippen molar-refractivity contribution < 1.29 is 19.1 Å². The van der Waals surface area contributed by atoms with Gasteiger partial charge in [-0.3, -0.25) is 14.5 Å². The molecule has 0 aliphatic carbocycles. The highest BCUT2D eigenvalue weighted by molar-refractivity contribution is 6.02. The topological polar surface area (TPSA) is 55.8 Å². The molecular formula is C19H19NO4. The van der Waals surface area contributed by atoms with Gasteiger partial charge in [-0.25, -0.2) is 0 Å². The van der Waals surface area contributed by atoms with Gasteiger partial charge in [-0.15, -0.1) is 0 Å². The lowest BCUT2D eigenvalue weighted by molar-refractivity contribution is -0.140. The number of ether oxygens (including phenoxy) is 2. The largest absolute Gasteiger partial charge is 0.497 e. The van der Waals surface area contributed by atoms with E-state index in [9.17, 15) is 9.59 Å². The fraction of sp³-hybridized carbons (Fsp3) is 0.263. The summed E-state index contributed by atoms with van der Waals surface area (Å²) < 4.78 is 10.8. The summed E-state index contributed by atoms with van der Waals surface area (Å²) >= 11 is 0. The monoisotopic (exact) mass is 325 g/mol. The molecule has 24 heavy (non-hydrogen) atoms. The van der Waals surface area contributed by atoms with Crippen LogP contribution in [0.15, 0.2) is 48.5 Å². The second-order valence-corrected chi connectivity index (χ2v) is 5.58. The van der Waals surface area contributed by atoms with E-state index in [1.54, 1.807) is 26.4 Å². The zero-order chi connectivity index (χ0) is 17.1. The molecule has 0 spiro atoms. The van der Waals surface area contributed by atoms with E-state index in [1.807, 2.05) is 36.4 Å². The standard InChI is InChI=1S/C19H19NO4/c1-23-14-8-9-16(24-2)15(12-14)19(13-6-4-3-5-7-13)20-17(21)10-11-18(20)22/h3-9,12,19H,10-11H2,1-2H3. The molecule has 1 fully saturated rings. The molecule has 0 saturated carbocycles. The number of methoxy groups -OCH3 is 2. The summed E-state index contributed by atoms with van der Waals surface area (Å²) in [7, 11) is 3.15. The minimum atomic E-state index is -0.529. The van der Waals surface area contributed by atoms with Crippen LogP contribution in [0.3, 0.4) is 0 Å². The normalized spacial score (nSPS) is 15.5. The molecule has 5 nitrogen and oxygen atoms in total. The SMILES string of the molecule is COc1ccc(OC)c(C(c2ccccc2)N2C(=O)CCC2=O)c1. The number of likely N-dealkylation sites (tertiary alicyclic amines) is 1. The van der Waals surface area contributed by atoms with E-state index in [1.165, 1.54) is 4.90 Å². The molecule has 2 aromatic rings. The lowest BCUT2D eigenvalue weighted by Gasteiger charge is -2.28. The maximum Gasteiger partial charge on any atom is 0.230 e. The Labute approximate surface area is 140 Å². The first-order chi connectivity index (χ1) is 11.7. The van der Waals surface area contributed by atoms with E-state index >= 15 is 0 Å². The fourth-order valence-electron chi connectivity index (χ4n) is 3.04. The Balaban J connectivity index is 2.19. The maximum absolute atomic E-state index is 12.4. The lowest BCUT2D eigenvalue weighted by Crippen LogP contribution is -2.34. The third-order valence-electron chi connectivity index (χ3n) is 4.20. The summed E-state index contributed by atoms with van der Waals surface area (Å²) in [4.78, 5) is 26.1. The van der Waals surface area contributed by atoms with Gasteiger partial charge in [0.05, 0.1) is 20.3 Å². The molecule has 1 saturated heterocycles. The fourth-order valence-corrected chi connectivity index (χ4v) is 3.04. The van der Waals surface area contributed by atoms with Crippen molar-refractivity contribution in [1.82, 2.24) is 4.90 Å². The van der Waals surface area contributed by atoms with Crippen LogP contribution in [0.25, 0.3) is 0 Å². The quantitative estimate of drug-likeness (QED) is 0.793. The van der Waals surface area contributed by atoms with Crippen LogP contribution in [0.1, 0.15) is 30.0 Å². The van der Waals surface area contributed by atoms with Gasteiger partial charge in [0.2, 0.25) is 11.8 Å². The van der Waals surface area contributed by atoms with Crippen molar-refractivity contribution in [1.29, 1.82) is 0 Å². The summed E-state index contributed by atoms with van der Waals surface area (Å²) in [6, 6.07) is 14.4. The van der Waals surface area contributed by atoms with Gasteiger partial charge in [-0.2, -0.15) is 0 Å². The molecule has 0 bridgehead atoms. The third kappa shape index (κ3) is 2.85. The highest BCUT2D eigenvalue weighted by Crippen LogP contribution is 2.39. The average molecular weight is 325 g/mol. The Morgan fingerprint density at radius 2 is 1.58 bits per heavy atom. The van der Waals surface area contributed by atoms with Gasteiger partial charge in [-0.05, 0) is 23.8 Å². The van der Waals surface area contributed by atoms with Gasteiger partial charge in [0.25, 0.3) is 0 Å². The van der Waals surface area contributed by atoms with Gasteiger partial charge >= 0.3 is 0 Å². The van der Waals surface area contributed by atoms with Crippen LogP contribution in [-0.4, -0.2) is 30.9 Å². The van der Waals surface area contributed by atoms with Crippen LogP contribution in [-0.2, 0) is 9.59 Å². The summed E-state index contributed by atoms with van der Waals surface area (Å²) in [5.74, 6) is 0.917. The molecule has 0 N–H and O–H groups in total. The number of amides is 2. The van der Waals surface area contributed by atoms with E-state index in [4.69, 9.17) is 9.47 Å². The summed E-state index contributed by atoms with van der Waals surface area (Å²) in [6.45, 7) is 0. The number of benzene rings is 2. The number of hydrogen-bond acceptors (Lipinski definition) is 4. The van der Waals surface area contributed by atoms with Crippen molar-refractivity contribution in [2.45, 2.75) is 18.9 Å². The Kier molecular flexibility index (Phi) is 4.51. The first kappa shape index (κ1) is 16.1. The highest BCUT2D eigenvalue weighted by atomic mass is 16.5. The summed E-state index contributed by atoms with van der Waals surface area (Å²) in [5, 5.41) is 0. The van der Waals surface area contributed by atoms with Crippen LogP contribution < -0.4 is 9.47 Å². The maximum atomic E-state index is 12.4. The smallest absolute Gasteiger partial charge is 0.230 e. The predicted octanol–water partition coefficient (Wildman–Crippen LogP) is 2.94. The molecule has 124 valence electrons. The zero-order valence-corrected chi connectivity index (χ0v) is 13.7. The third-order valence-corrected chi connectivity index (χ3v) is 4.20. The van der Waals surface area contributed by atoms with Crippen molar-refractivity contribution in [3.05, 3.63) is 59.7 Å². The van der Waals surface area contributed by atoms with Crippen LogP contribution >= 0.6 is 0 Å². The van der Waals surface area contributed by atoms with Crippen molar-refractivity contribution in [3.63, 3.8) is 0 Å².